The summed E-state index contributed by atoms with van der Waals surface area (Å²) in [6, 6.07) is 0. The summed E-state index contributed by atoms with van der Waals surface area (Å²) in [6.07, 6.45) is 2.22. The topological polar surface area (TPSA) is 47.0 Å². The molecule has 3 heterocycles. The van der Waals surface area contributed by atoms with Crippen LogP contribution in [-0.2, 0) is 16.3 Å². The van der Waals surface area contributed by atoms with E-state index in [2.05, 4.69) is 20.9 Å². The predicted molar refractivity (Wildman–Crippen MR) is 58.2 cm³/mol. The van der Waals surface area contributed by atoms with Gasteiger partial charge in [0.2, 0.25) is 0 Å². The summed E-state index contributed by atoms with van der Waals surface area (Å²) in [5.74, 6) is 0. The average molecular weight is 294 g/mol. The molecule has 2 unspecified atom stereocenters. The van der Waals surface area contributed by atoms with Crippen molar-refractivity contribution in [3.8, 4) is 0 Å². The lowest BCUT2D eigenvalue weighted by molar-refractivity contribution is 0.577. The first-order valence-corrected chi connectivity index (χ1v) is 7.69. The minimum Gasteiger partial charge on any atom is -0.234 e. The standard InChI is InChI=1S/C8H8BrNO2S2/c9-8-10-5-3-4-1-2-6(7(5)13-8)14(4,11)12/h4,6H,1-3H2. The molecule has 1 aromatic heterocycles. The molecule has 0 N–H and O–H groups in total. The van der Waals surface area contributed by atoms with Crippen molar-refractivity contribution in [3.05, 3.63) is 14.5 Å². The van der Waals surface area contributed by atoms with E-state index in [0.717, 1.165) is 27.3 Å². The molecule has 0 aliphatic carbocycles. The molecule has 2 atom stereocenters. The SMILES string of the molecule is O=S1(=O)C2CCC1c1sc(Br)nc1C2. The van der Waals surface area contributed by atoms with E-state index in [0.29, 0.717) is 6.42 Å². The Morgan fingerprint density at radius 2 is 2.21 bits per heavy atom. The fourth-order valence-electron chi connectivity index (χ4n) is 2.34. The van der Waals surface area contributed by atoms with Gasteiger partial charge in [-0.15, -0.1) is 11.3 Å². The highest BCUT2D eigenvalue weighted by Gasteiger charge is 2.47. The van der Waals surface area contributed by atoms with Gasteiger partial charge in [-0.05, 0) is 28.8 Å². The summed E-state index contributed by atoms with van der Waals surface area (Å²) in [7, 11) is -2.88. The highest BCUT2D eigenvalue weighted by atomic mass is 79.9. The van der Waals surface area contributed by atoms with Crippen LogP contribution in [0.4, 0.5) is 0 Å². The Kier molecular flexibility index (Phi) is 1.86. The number of fused-ring (bicyclic) bond motifs is 4. The number of nitrogens with zero attached hydrogens (tertiary/aromatic N) is 1. The first-order chi connectivity index (χ1) is 6.59. The Hall–Kier alpha value is 0.0600. The van der Waals surface area contributed by atoms with Gasteiger partial charge in [0.05, 0.1) is 16.2 Å². The van der Waals surface area contributed by atoms with Crippen molar-refractivity contribution < 1.29 is 8.42 Å². The second kappa shape index (κ2) is 2.80. The predicted octanol–water partition coefficient (Wildman–Crippen LogP) is 2.08. The van der Waals surface area contributed by atoms with Gasteiger partial charge in [0.1, 0.15) is 0 Å². The molecule has 2 aliphatic rings. The summed E-state index contributed by atoms with van der Waals surface area (Å²) >= 11 is 4.79. The zero-order valence-corrected chi connectivity index (χ0v) is 10.5. The summed E-state index contributed by atoms with van der Waals surface area (Å²) < 4.78 is 24.6. The average Bonchev–Trinajstić information content (AvgIpc) is 2.49. The fourth-order valence-corrected chi connectivity index (χ4v) is 6.68. The van der Waals surface area contributed by atoms with Crippen LogP contribution in [0.5, 0.6) is 0 Å². The van der Waals surface area contributed by atoms with Crippen molar-refractivity contribution in [2.75, 3.05) is 0 Å². The summed E-state index contributed by atoms with van der Waals surface area (Å²) in [6.45, 7) is 0. The Morgan fingerprint density at radius 3 is 3.00 bits per heavy atom. The molecular formula is C8H8BrNO2S2. The number of halogens is 1. The van der Waals surface area contributed by atoms with Crippen molar-refractivity contribution in [3.63, 3.8) is 0 Å². The zero-order valence-electron chi connectivity index (χ0n) is 7.23. The van der Waals surface area contributed by atoms with E-state index in [1.807, 2.05) is 0 Å². The molecule has 0 radical (unpaired) electrons. The van der Waals surface area contributed by atoms with E-state index in [9.17, 15) is 8.42 Å². The molecule has 1 saturated heterocycles. The van der Waals surface area contributed by atoms with Gasteiger partial charge >= 0.3 is 0 Å². The number of sulfone groups is 1. The number of hydrogen-bond donors (Lipinski definition) is 0. The van der Waals surface area contributed by atoms with Crippen LogP contribution >= 0.6 is 27.3 Å². The number of hydrogen-bond acceptors (Lipinski definition) is 4. The van der Waals surface area contributed by atoms with Crippen LogP contribution < -0.4 is 0 Å². The quantitative estimate of drug-likeness (QED) is 0.736. The molecule has 0 spiro atoms. The third kappa shape index (κ3) is 1.07. The van der Waals surface area contributed by atoms with Crippen LogP contribution in [-0.4, -0.2) is 18.7 Å². The van der Waals surface area contributed by atoms with E-state index in [4.69, 9.17) is 0 Å². The van der Waals surface area contributed by atoms with Gasteiger partial charge in [0.25, 0.3) is 0 Å². The molecule has 0 aromatic carbocycles. The maximum Gasteiger partial charge on any atom is 0.161 e. The van der Waals surface area contributed by atoms with Crippen LogP contribution in [0.1, 0.15) is 28.7 Å². The van der Waals surface area contributed by atoms with Gasteiger partial charge in [-0.2, -0.15) is 0 Å². The molecule has 2 bridgehead atoms. The smallest absolute Gasteiger partial charge is 0.161 e. The third-order valence-corrected chi connectivity index (χ3v) is 7.43. The maximum absolute atomic E-state index is 11.9. The zero-order chi connectivity index (χ0) is 9.92. The largest absolute Gasteiger partial charge is 0.234 e. The highest BCUT2D eigenvalue weighted by molar-refractivity contribution is 9.11. The van der Waals surface area contributed by atoms with E-state index in [1.54, 1.807) is 0 Å². The molecular weight excluding hydrogens is 286 g/mol. The first kappa shape index (κ1) is 9.30. The maximum atomic E-state index is 11.9. The normalized spacial score (nSPS) is 32.9. The van der Waals surface area contributed by atoms with Crippen LogP contribution in [0.2, 0.25) is 0 Å². The molecule has 14 heavy (non-hydrogen) atoms. The van der Waals surface area contributed by atoms with Crippen molar-refractivity contribution in [2.24, 2.45) is 0 Å². The monoisotopic (exact) mass is 293 g/mol. The van der Waals surface area contributed by atoms with Gasteiger partial charge in [0.15, 0.2) is 13.8 Å². The molecule has 76 valence electrons. The van der Waals surface area contributed by atoms with Gasteiger partial charge in [-0.25, -0.2) is 13.4 Å². The molecule has 0 amide bonds. The molecule has 2 aliphatic heterocycles. The number of aromatic nitrogens is 1. The lowest BCUT2D eigenvalue weighted by Gasteiger charge is -2.18. The molecule has 3 rings (SSSR count). The Morgan fingerprint density at radius 1 is 1.43 bits per heavy atom. The van der Waals surface area contributed by atoms with Crippen LogP contribution in [0, 0.1) is 0 Å². The number of thiazole rings is 1. The minimum atomic E-state index is -2.88. The molecule has 1 aromatic rings. The summed E-state index contributed by atoms with van der Waals surface area (Å²) in [5.41, 5.74) is 1.00. The summed E-state index contributed by atoms with van der Waals surface area (Å²) in [4.78, 5) is 5.31. The Labute approximate surface area is 94.6 Å². The third-order valence-electron chi connectivity index (χ3n) is 3.03. The molecule has 1 fully saturated rings. The second-order valence-electron chi connectivity index (χ2n) is 3.76. The van der Waals surface area contributed by atoms with Crippen molar-refractivity contribution >= 4 is 37.1 Å². The fraction of sp³-hybridized carbons (Fsp3) is 0.625. The van der Waals surface area contributed by atoms with Gasteiger partial charge in [-0.3, -0.25) is 0 Å². The lowest BCUT2D eigenvalue weighted by Crippen LogP contribution is -2.25. The van der Waals surface area contributed by atoms with Gasteiger partial charge in [0, 0.05) is 11.3 Å². The Bertz CT molecular complexity index is 493. The van der Waals surface area contributed by atoms with Crippen LogP contribution in [0.25, 0.3) is 0 Å². The van der Waals surface area contributed by atoms with Gasteiger partial charge in [-0.1, -0.05) is 0 Å². The van der Waals surface area contributed by atoms with Crippen molar-refractivity contribution in [1.82, 2.24) is 4.98 Å². The molecule has 6 heteroatoms. The first-order valence-electron chi connectivity index (χ1n) is 4.47. The van der Waals surface area contributed by atoms with E-state index < -0.39 is 9.84 Å². The molecule has 3 nitrogen and oxygen atoms in total. The van der Waals surface area contributed by atoms with Crippen LogP contribution in [0.15, 0.2) is 3.92 Å². The second-order valence-corrected chi connectivity index (χ2v) is 8.48. The summed E-state index contributed by atoms with van der Waals surface area (Å²) in [5, 5.41) is -0.408. The van der Waals surface area contributed by atoms with E-state index in [-0.39, 0.29) is 10.5 Å². The highest BCUT2D eigenvalue weighted by Crippen LogP contribution is 2.48. The lowest BCUT2D eigenvalue weighted by atomic mass is 10.2. The minimum absolute atomic E-state index is 0.158. The van der Waals surface area contributed by atoms with E-state index in [1.165, 1.54) is 11.3 Å². The Balaban J connectivity index is 2.24. The molecule has 0 saturated carbocycles. The number of rotatable bonds is 0. The van der Waals surface area contributed by atoms with Crippen molar-refractivity contribution in [1.29, 1.82) is 0 Å². The van der Waals surface area contributed by atoms with Crippen molar-refractivity contribution in [2.45, 2.75) is 29.8 Å². The van der Waals surface area contributed by atoms with E-state index >= 15 is 0 Å². The van der Waals surface area contributed by atoms with Crippen LogP contribution in [0.3, 0.4) is 0 Å². The van der Waals surface area contributed by atoms with Gasteiger partial charge < -0.3 is 0 Å².